The normalized spacial score (nSPS) is 10.2. The Bertz CT molecular complexity index is 601. The summed E-state index contributed by atoms with van der Waals surface area (Å²) in [5.74, 6) is -0.992. The van der Waals surface area contributed by atoms with Gasteiger partial charge < -0.3 is 5.32 Å². The van der Waals surface area contributed by atoms with Gasteiger partial charge in [0.15, 0.2) is 0 Å². The van der Waals surface area contributed by atoms with E-state index in [2.05, 4.69) is 5.32 Å². The van der Waals surface area contributed by atoms with Crippen molar-refractivity contribution in [2.24, 2.45) is 0 Å². The molecule has 5 heteroatoms. The highest BCUT2D eigenvalue weighted by Crippen LogP contribution is 2.20. The van der Waals surface area contributed by atoms with Crippen molar-refractivity contribution in [3.63, 3.8) is 0 Å². The van der Waals surface area contributed by atoms with E-state index in [4.69, 9.17) is 23.2 Å². The molecule has 1 N–H and O–H groups in total. The number of anilines is 1. The van der Waals surface area contributed by atoms with Crippen LogP contribution in [0.15, 0.2) is 42.5 Å². The van der Waals surface area contributed by atoms with Gasteiger partial charge in [-0.05, 0) is 36.4 Å². The zero-order valence-electron chi connectivity index (χ0n) is 9.08. The molecule has 0 radical (unpaired) electrons. The van der Waals surface area contributed by atoms with E-state index in [1.807, 2.05) is 0 Å². The van der Waals surface area contributed by atoms with E-state index in [9.17, 15) is 9.18 Å². The summed E-state index contributed by atoms with van der Waals surface area (Å²) in [5.41, 5.74) is 0.384. The van der Waals surface area contributed by atoms with Crippen LogP contribution in [-0.4, -0.2) is 5.91 Å². The number of carbonyl (C=O) groups excluding carboxylic acids is 1. The molecule has 0 spiro atoms. The molecule has 1 amide bonds. The molecule has 2 aromatic carbocycles. The number of carbonyl (C=O) groups is 1. The molecule has 0 saturated heterocycles. The zero-order chi connectivity index (χ0) is 13.1. The lowest BCUT2D eigenvalue weighted by molar-refractivity contribution is 0.102. The van der Waals surface area contributed by atoms with Crippen molar-refractivity contribution in [1.29, 1.82) is 0 Å². The third-order valence-corrected chi connectivity index (χ3v) is 2.73. The predicted octanol–water partition coefficient (Wildman–Crippen LogP) is 4.38. The highest BCUT2D eigenvalue weighted by Gasteiger charge is 2.10. The molecule has 0 unspecified atom stereocenters. The predicted molar refractivity (Wildman–Crippen MR) is 70.8 cm³/mol. The second kappa shape index (κ2) is 5.38. The second-order valence-electron chi connectivity index (χ2n) is 3.59. The van der Waals surface area contributed by atoms with E-state index in [0.717, 1.165) is 0 Å². The largest absolute Gasteiger partial charge is 0.319 e. The number of nitrogens with one attached hydrogen (secondary N) is 1. The molecule has 0 aliphatic rings. The molecule has 2 nitrogen and oxygen atoms in total. The van der Waals surface area contributed by atoms with Gasteiger partial charge in [0.2, 0.25) is 0 Å². The monoisotopic (exact) mass is 283 g/mol. The lowest BCUT2D eigenvalue weighted by atomic mass is 10.2. The average Bonchev–Trinajstić information content (AvgIpc) is 2.34. The summed E-state index contributed by atoms with van der Waals surface area (Å²) in [6.45, 7) is 0. The molecule has 0 heterocycles. The van der Waals surface area contributed by atoms with E-state index >= 15 is 0 Å². The van der Waals surface area contributed by atoms with Gasteiger partial charge in [0.1, 0.15) is 5.82 Å². The Kier molecular flexibility index (Phi) is 3.84. The third-order valence-electron chi connectivity index (χ3n) is 2.26. The summed E-state index contributed by atoms with van der Waals surface area (Å²) in [4.78, 5) is 11.9. The number of amides is 1. The summed E-state index contributed by atoms with van der Waals surface area (Å²) < 4.78 is 13.4. The molecule has 0 atom stereocenters. The quantitative estimate of drug-likeness (QED) is 0.870. The fourth-order valence-electron chi connectivity index (χ4n) is 1.42. The summed E-state index contributed by atoms with van der Waals surface area (Å²) in [6.07, 6.45) is 0. The van der Waals surface area contributed by atoms with Crippen LogP contribution in [0.25, 0.3) is 0 Å². The van der Waals surface area contributed by atoms with E-state index in [-0.39, 0.29) is 5.69 Å². The standard InChI is InChI=1S/C13H8Cl2FNO/c14-9-3-1-2-8(6-9)13(18)17-12-7-10(15)4-5-11(12)16/h1-7H,(H,17,18). The van der Waals surface area contributed by atoms with Crippen LogP contribution < -0.4 is 5.32 Å². The Morgan fingerprint density at radius 1 is 1.06 bits per heavy atom. The van der Waals surface area contributed by atoms with Crippen molar-refractivity contribution < 1.29 is 9.18 Å². The average molecular weight is 284 g/mol. The van der Waals surface area contributed by atoms with Crippen LogP contribution in [-0.2, 0) is 0 Å². The Hall–Kier alpha value is -1.58. The van der Waals surface area contributed by atoms with Gasteiger partial charge in [-0.15, -0.1) is 0 Å². The van der Waals surface area contributed by atoms with Crippen LogP contribution in [0.1, 0.15) is 10.4 Å². The number of rotatable bonds is 2. The van der Waals surface area contributed by atoms with E-state index in [1.54, 1.807) is 18.2 Å². The minimum atomic E-state index is -0.547. The summed E-state index contributed by atoms with van der Waals surface area (Å²) in [6, 6.07) is 10.3. The van der Waals surface area contributed by atoms with Crippen molar-refractivity contribution in [3.8, 4) is 0 Å². The topological polar surface area (TPSA) is 29.1 Å². The van der Waals surface area contributed by atoms with Crippen molar-refractivity contribution in [2.75, 3.05) is 5.32 Å². The molecule has 0 aliphatic heterocycles. The highest BCUT2D eigenvalue weighted by atomic mass is 35.5. The molecule has 18 heavy (non-hydrogen) atoms. The Labute approximate surface area is 113 Å². The zero-order valence-corrected chi connectivity index (χ0v) is 10.6. The van der Waals surface area contributed by atoms with Crippen LogP contribution in [0.5, 0.6) is 0 Å². The van der Waals surface area contributed by atoms with Gasteiger partial charge in [-0.2, -0.15) is 0 Å². The van der Waals surface area contributed by atoms with Crippen LogP contribution in [0.4, 0.5) is 10.1 Å². The molecule has 2 rings (SSSR count). The van der Waals surface area contributed by atoms with Gasteiger partial charge in [0, 0.05) is 15.6 Å². The van der Waals surface area contributed by atoms with Crippen molar-refractivity contribution in [1.82, 2.24) is 0 Å². The van der Waals surface area contributed by atoms with E-state index in [0.29, 0.717) is 15.6 Å². The van der Waals surface area contributed by atoms with Gasteiger partial charge >= 0.3 is 0 Å². The van der Waals surface area contributed by atoms with Crippen LogP contribution >= 0.6 is 23.2 Å². The molecule has 92 valence electrons. The summed E-state index contributed by atoms with van der Waals surface area (Å²) >= 11 is 11.5. The lowest BCUT2D eigenvalue weighted by Crippen LogP contribution is -2.12. The van der Waals surface area contributed by atoms with Crippen LogP contribution in [0.2, 0.25) is 10.0 Å². The van der Waals surface area contributed by atoms with E-state index in [1.165, 1.54) is 24.3 Å². The minimum Gasteiger partial charge on any atom is -0.319 e. The maximum atomic E-state index is 13.4. The van der Waals surface area contributed by atoms with Crippen molar-refractivity contribution in [3.05, 3.63) is 63.9 Å². The molecule has 0 aliphatic carbocycles. The van der Waals surface area contributed by atoms with Gasteiger partial charge in [0.05, 0.1) is 5.69 Å². The SMILES string of the molecule is O=C(Nc1cc(Cl)ccc1F)c1cccc(Cl)c1. The lowest BCUT2D eigenvalue weighted by Gasteiger charge is -2.07. The Morgan fingerprint density at radius 3 is 2.50 bits per heavy atom. The first kappa shape index (κ1) is 12.9. The number of benzene rings is 2. The second-order valence-corrected chi connectivity index (χ2v) is 4.46. The molecular formula is C13H8Cl2FNO. The van der Waals surface area contributed by atoms with Gasteiger partial charge in [-0.1, -0.05) is 29.3 Å². The maximum absolute atomic E-state index is 13.4. The fraction of sp³-hybridized carbons (Fsp3) is 0. The highest BCUT2D eigenvalue weighted by molar-refractivity contribution is 6.31. The van der Waals surface area contributed by atoms with E-state index < -0.39 is 11.7 Å². The first-order chi connectivity index (χ1) is 8.56. The number of hydrogen-bond donors (Lipinski definition) is 1. The minimum absolute atomic E-state index is 0.0347. The first-order valence-electron chi connectivity index (χ1n) is 5.08. The van der Waals surface area contributed by atoms with Gasteiger partial charge in [-0.25, -0.2) is 4.39 Å². The first-order valence-corrected chi connectivity index (χ1v) is 5.84. The molecule has 0 fully saturated rings. The van der Waals surface area contributed by atoms with Crippen molar-refractivity contribution in [2.45, 2.75) is 0 Å². The molecule has 0 bridgehead atoms. The number of halogens is 3. The Balaban J connectivity index is 2.24. The van der Waals surface area contributed by atoms with Crippen molar-refractivity contribution >= 4 is 34.8 Å². The summed E-state index contributed by atoms with van der Waals surface area (Å²) in [5, 5.41) is 3.22. The van der Waals surface area contributed by atoms with Crippen LogP contribution in [0, 0.1) is 5.82 Å². The smallest absolute Gasteiger partial charge is 0.255 e. The third kappa shape index (κ3) is 3.00. The summed E-state index contributed by atoms with van der Waals surface area (Å²) in [7, 11) is 0. The molecule has 2 aromatic rings. The molecule has 0 aromatic heterocycles. The van der Waals surface area contributed by atoms with Gasteiger partial charge in [-0.3, -0.25) is 4.79 Å². The fourth-order valence-corrected chi connectivity index (χ4v) is 1.78. The molecular weight excluding hydrogens is 276 g/mol. The Morgan fingerprint density at radius 2 is 1.78 bits per heavy atom. The van der Waals surface area contributed by atoms with Gasteiger partial charge in [0.25, 0.3) is 5.91 Å². The van der Waals surface area contributed by atoms with Crippen LogP contribution in [0.3, 0.4) is 0 Å². The number of hydrogen-bond acceptors (Lipinski definition) is 1. The maximum Gasteiger partial charge on any atom is 0.255 e. The molecule has 0 saturated carbocycles.